The quantitative estimate of drug-likeness (QED) is 0.436. The van der Waals surface area contributed by atoms with Crippen molar-refractivity contribution in [3.8, 4) is 11.3 Å². The molecule has 3 heterocycles. The van der Waals surface area contributed by atoms with Crippen molar-refractivity contribution in [2.24, 2.45) is 7.05 Å². The maximum atomic E-state index is 13.7. The molecular formula is C29H33N5O2. The summed E-state index contributed by atoms with van der Waals surface area (Å²) in [6, 6.07) is 5.84. The standard InChI is InChI=1S/C29H33N5O2/c1-4-8-27(19(2)35)34-18-31-28-24-10-7-5-6-9-23(24)21(14-25(28)29(34)36)13-20-11-12-26(30-15-20)22-16-32-33(3)17-22/h9-12,14-19,27,35H,4-8,13H2,1-3H3. The van der Waals surface area contributed by atoms with Crippen molar-refractivity contribution < 1.29 is 5.11 Å². The lowest BCUT2D eigenvalue weighted by Crippen LogP contribution is -2.36. The SMILES string of the molecule is CCCC(C(C)O)n1cnc2c3c(c(Cc4ccc(-c5cnn(C)c5)nc4)cc2c1=O)=CCCCC=3. The molecule has 2 unspecified atom stereocenters. The van der Waals surface area contributed by atoms with E-state index in [1.54, 1.807) is 22.5 Å². The van der Waals surface area contributed by atoms with Gasteiger partial charge in [0.2, 0.25) is 0 Å². The first-order valence-electron chi connectivity index (χ1n) is 12.8. The Balaban J connectivity index is 1.62. The van der Waals surface area contributed by atoms with Gasteiger partial charge in [0.1, 0.15) is 0 Å². The maximum absolute atomic E-state index is 13.7. The average molecular weight is 484 g/mol. The summed E-state index contributed by atoms with van der Waals surface area (Å²) < 4.78 is 3.39. The third kappa shape index (κ3) is 4.63. The van der Waals surface area contributed by atoms with Gasteiger partial charge in [-0.25, -0.2) is 4.98 Å². The molecule has 4 aromatic rings. The van der Waals surface area contributed by atoms with E-state index in [1.807, 2.05) is 37.8 Å². The molecule has 0 fully saturated rings. The molecule has 7 nitrogen and oxygen atoms in total. The van der Waals surface area contributed by atoms with Crippen LogP contribution in [-0.2, 0) is 13.5 Å². The number of aryl methyl sites for hydroxylation is 1. The molecule has 0 radical (unpaired) electrons. The topological polar surface area (TPSA) is 85.8 Å². The van der Waals surface area contributed by atoms with E-state index < -0.39 is 6.10 Å². The third-order valence-corrected chi connectivity index (χ3v) is 7.06. The lowest BCUT2D eigenvalue weighted by atomic mass is 9.99. The van der Waals surface area contributed by atoms with Gasteiger partial charge in [-0.05, 0) is 67.5 Å². The fourth-order valence-corrected chi connectivity index (χ4v) is 5.20. The number of hydrogen-bond acceptors (Lipinski definition) is 5. The molecule has 36 heavy (non-hydrogen) atoms. The summed E-state index contributed by atoms with van der Waals surface area (Å²) in [6.45, 7) is 3.80. The molecule has 3 aromatic heterocycles. The van der Waals surface area contributed by atoms with Crippen LogP contribution >= 0.6 is 0 Å². The number of rotatable bonds is 7. The molecule has 2 atom stereocenters. The number of nitrogens with zero attached hydrogens (tertiary/aromatic N) is 5. The van der Waals surface area contributed by atoms with Crippen molar-refractivity contribution in [2.45, 2.75) is 64.5 Å². The van der Waals surface area contributed by atoms with E-state index in [1.165, 1.54) is 5.22 Å². The fraction of sp³-hybridized carbons (Fsp3) is 0.379. The van der Waals surface area contributed by atoms with Crippen molar-refractivity contribution >= 4 is 23.1 Å². The molecule has 1 aliphatic carbocycles. The Labute approximate surface area is 210 Å². The number of aromatic nitrogens is 5. The molecule has 7 heteroatoms. The van der Waals surface area contributed by atoms with Gasteiger partial charge in [-0.1, -0.05) is 31.6 Å². The Bertz CT molecular complexity index is 1560. The molecule has 1 N–H and O–H groups in total. The Morgan fingerprint density at radius 2 is 1.92 bits per heavy atom. The summed E-state index contributed by atoms with van der Waals surface area (Å²) in [5.41, 5.74) is 4.71. The van der Waals surface area contributed by atoms with Gasteiger partial charge in [-0.3, -0.25) is 19.0 Å². The van der Waals surface area contributed by atoms with Crippen molar-refractivity contribution in [1.82, 2.24) is 24.3 Å². The predicted molar refractivity (Wildman–Crippen MR) is 143 cm³/mol. The van der Waals surface area contributed by atoms with E-state index in [-0.39, 0.29) is 11.6 Å². The molecule has 1 aromatic carbocycles. The van der Waals surface area contributed by atoms with Crippen LogP contribution in [0, 0.1) is 0 Å². The second kappa shape index (κ2) is 10.2. The van der Waals surface area contributed by atoms with E-state index in [9.17, 15) is 9.90 Å². The van der Waals surface area contributed by atoms with Gasteiger partial charge in [0.05, 0.1) is 41.3 Å². The monoisotopic (exact) mass is 483 g/mol. The molecule has 186 valence electrons. The first kappa shape index (κ1) is 24.1. The number of hydrogen-bond donors (Lipinski definition) is 1. The molecule has 0 saturated heterocycles. The summed E-state index contributed by atoms with van der Waals surface area (Å²) in [4.78, 5) is 23.1. The highest BCUT2D eigenvalue weighted by Gasteiger charge is 2.20. The van der Waals surface area contributed by atoms with Crippen LogP contribution in [0.5, 0.6) is 0 Å². The second-order valence-electron chi connectivity index (χ2n) is 9.78. The third-order valence-electron chi connectivity index (χ3n) is 7.06. The Hall–Kier alpha value is -3.58. The Kier molecular flexibility index (Phi) is 6.83. The molecule has 0 bridgehead atoms. The summed E-state index contributed by atoms with van der Waals surface area (Å²) in [7, 11) is 1.89. The molecule has 1 aliphatic rings. The first-order valence-corrected chi connectivity index (χ1v) is 12.8. The van der Waals surface area contributed by atoms with E-state index in [0.717, 1.165) is 65.2 Å². The van der Waals surface area contributed by atoms with Gasteiger partial charge in [-0.2, -0.15) is 5.10 Å². The molecule has 0 amide bonds. The van der Waals surface area contributed by atoms with E-state index >= 15 is 0 Å². The number of benzene rings is 1. The number of pyridine rings is 1. The smallest absolute Gasteiger partial charge is 0.261 e. The highest BCUT2D eigenvalue weighted by Crippen LogP contribution is 2.19. The molecule has 5 rings (SSSR count). The zero-order chi connectivity index (χ0) is 25.2. The minimum Gasteiger partial charge on any atom is -0.391 e. The summed E-state index contributed by atoms with van der Waals surface area (Å²) in [5.74, 6) is 0. The molecule has 0 aliphatic heterocycles. The van der Waals surface area contributed by atoms with Crippen LogP contribution < -0.4 is 16.0 Å². The average Bonchev–Trinajstić information content (AvgIpc) is 3.15. The molecule has 0 saturated carbocycles. The van der Waals surface area contributed by atoms with Crippen molar-refractivity contribution in [2.75, 3.05) is 0 Å². The first-order chi connectivity index (χ1) is 17.5. The van der Waals surface area contributed by atoms with Crippen LogP contribution in [0.15, 0.2) is 47.9 Å². The lowest BCUT2D eigenvalue weighted by molar-refractivity contribution is 0.122. The zero-order valence-electron chi connectivity index (χ0n) is 21.2. The highest BCUT2D eigenvalue weighted by molar-refractivity contribution is 5.80. The van der Waals surface area contributed by atoms with Gasteiger partial charge < -0.3 is 5.11 Å². The fourth-order valence-electron chi connectivity index (χ4n) is 5.20. The van der Waals surface area contributed by atoms with Gasteiger partial charge in [0.25, 0.3) is 5.56 Å². The van der Waals surface area contributed by atoms with E-state index in [4.69, 9.17) is 4.98 Å². The number of fused-ring (bicyclic) bond motifs is 3. The van der Waals surface area contributed by atoms with Crippen molar-refractivity contribution in [3.63, 3.8) is 0 Å². The van der Waals surface area contributed by atoms with Crippen molar-refractivity contribution in [3.05, 3.63) is 75.0 Å². The summed E-state index contributed by atoms with van der Waals surface area (Å²) in [5, 5.41) is 17.4. The summed E-state index contributed by atoms with van der Waals surface area (Å²) >= 11 is 0. The van der Waals surface area contributed by atoms with Crippen LogP contribution in [0.3, 0.4) is 0 Å². The van der Waals surface area contributed by atoms with Crippen LogP contribution in [0.2, 0.25) is 0 Å². The number of aliphatic hydroxyl groups excluding tert-OH is 1. The predicted octanol–water partition coefficient (Wildman–Crippen LogP) is 3.25. The minimum atomic E-state index is -0.633. The van der Waals surface area contributed by atoms with Crippen LogP contribution in [0.25, 0.3) is 34.3 Å². The Morgan fingerprint density at radius 3 is 2.58 bits per heavy atom. The zero-order valence-corrected chi connectivity index (χ0v) is 21.2. The van der Waals surface area contributed by atoms with Crippen molar-refractivity contribution in [1.29, 1.82) is 0 Å². The largest absolute Gasteiger partial charge is 0.391 e. The van der Waals surface area contributed by atoms with E-state index in [0.29, 0.717) is 11.8 Å². The lowest BCUT2D eigenvalue weighted by Gasteiger charge is -2.22. The van der Waals surface area contributed by atoms with Crippen LogP contribution in [0.4, 0.5) is 0 Å². The van der Waals surface area contributed by atoms with Gasteiger partial charge in [0, 0.05) is 30.2 Å². The Morgan fingerprint density at radius 1 is 1.11 bits per heavy atom. The summed E-state index contributed by atoms with van der Waals surface area (Å²) in [6.07, 6.45) is 16.5. The minimum absolute atomic E-state index is 0.0916. The maximum Gasteiger partial charge on any atom is 0.261 e. The second-order valence-corrected chi connectivity index (χ2v) is 9.78. The van der Waals surface area contributed by atoms with E-state index in [2.05, 4.69) is 35.2 Å². The molecular weight excluding hydrogens is 450 g/mol. The molecule has 0 spiro atoms. The van der Waals surface area contributed by atoms with Gasteiger partial charge >= 0.3 is 0 Å². The van der Waals surface area contributed by atoms with Crippen LogP contribution in [-0.4, -0.2) is 35.5 Å². The number of aliphatic hydroxyl groups is 1. The normalized spacial score (nSPS) is 15.0. The van der Waals surface area contributed by atoms with Crippen LogP contribution in [0.1, 0.15) is 63.1 Å². The van der Waals surface area contributed by atoms with Gasteiger partial charge in [-0.15, -0.1) is 0 Å². The highest BCUT2D eigenvalue weighted by atomic mass is 16.3. The van der Waals surface area contributed by atoms with Gasteiger partial charge in [0.15, 0.2) is 0 Å².